The highest BCUT2D eigenvalue weighted by Crippen LogP contribution is 2.41. The van der Waals surface area contributed by atoms with Crippen LogP contribution >= 0.6 is 12.4 Å². The smallest absolute Gasteiger partial charge is 0.324 e. The van der Waals surface area contributed by atoms with Crippen LogP contribution in [-0.4, -0.2) is 0 Å². The first-order valence-corrected chi connectivity index (χ1v) is 5.52. The van der Waals surface area contributed by atoms with Crippen molar-refractivity contribution in [2.45, 2.75) is 31.5 Å². The maximum atomic E-state index is 13.1. The van der Waals surface area contributed by atoms with Crippen LogP contribution in [0.3, 0.4) is 0 Å². The number of hydrogen-bond acceptors (Lipinski definition) is 1. The minimum absolute atomic E-state index is 0. The second kappa shape index (κ2) is 5.45. The van der Waals surface area contributed by atoms with Gasteiger partial charge in [0.1, 0.15) is 5.82 Å². The summed E-state index contributed by atoms with van der Waals surface area (Å²) in [6, 6.07) is 1.77. The number of hydrogen-bond donors (Lipinski definition) is 1. The van der Waals surface area contributed by atoms with Crippen molar-refractivity contribution in [1.82, 2.24) is 0 Å². The van der Waals surface area contributed by atoms with Gasteiger partial charge in [-0.25, -0.2) is 4.39 Å². The van der Waals surface area contributed by atoms with E-state index in [0.29, 0.717) is 0 Å². The highest BCUT2D eigenvalue weighted by Gasteiger charge is 2.37. The fourth-order valence-corrected chi connectivity index (χ4v) is 2.12. The monoisotopic (exact) mass is 283 g/mol. The number of nitrogens with two attached hydrogens (primary N) is 1. The van der Waals surface area contributed by atoms with Crippen molar-refractivity contribution in [2.24, 2.45) is 11.7 Å². The van der Waals surface area contributed by atoms with E-state index in [1.165, 1.54) is 0 Å². The molecule has 1 atom stereocenters. The molecule has 0 bridgehead atoms. The molecule has 2 N–H and O–H groups in total. The predicted molar refractivity (Wildman–Crippen MR) is 62.9 cm³/mol. The van der Waals surface area contributed by atoms with E-state index < -0.39 is 23.6 Å². The zero-order valence-corrected chi connectivity index (χ0v) is 10.3. The van der Waals surface area contributed by atoms with Crippen LogP contribution < -0.4 is 5.73 Å². The summed E-state index contributed by atoms with van der Waals surface area (Å²) in [6.45, 7) is 0. The zero-order valence-electron chi connectivity index (χ0n) is 9.51. The third-order valence-electron chi connectivity index (χ3n) is 3.34. The average Bonchev–Trinajstić information content (AvgIpc) is 2.12. The van der Waals surface area contributed by atoms with Crippen LogP contribution in [0.5, 0.6) is 0 Å². The van der Waals surface area contributed by atoms with Gasteiger partial charge in [0.15, 0.2) is 0 Å². The first kappa shape index (κ1) is 15.2. The molecule has 2 rings (SSSR count). The van der Waals surface area contributed by atoms with E-state index in [9.17, 15) is 17.6 Å². The molecule has 0 heterocycles. The van der Waals surface area contributed by atoms with E-state index >= 15 is 0 Å². The van der Waals surface area contributed by atoms with Crippen LogP contribution in [0.4, 0.5) is 17.6 Å². The van der Waals surface area contributed by atoms with Gasteiger partial charge < -0.3 is 5.73 Å². The summed E-state index contributed by atoms with van der Waals surface area (Å²) in [5.74, 6) is -0.638. The molecule has 1 aliphatic rings. The summed E-state index contributed by atoms with van der Waals surface area (Å²) in [6.07, 6.45) is -1.87. The Bertz CT molecular complexity index is 415. The first-order valence-electron chi connectivity index (χ1n) is 5.52. The Morgan fingerprint density at radius 2 is 1.83 bits per heavy atom. The molecule has 6 heteroatoms. The van der Waals surface area contributed by atoms with Crippen LogP contribution in [0, 0.1) is 11.7 Å². The number of rotatable bonds is 2. The summed E-state index contributed by atoms with van der Waals surface area (Å²) in [5.41, 5.74) is 4.86. The Hall–Kier alpha value is -0.810. The molecule has 1 aliphatic carbocycles. The van der Waals surface area contributed by atoms with Gasteiger partial charge in [0.2, 0.25) is 0 Å². The number of alkyl halides is 3. The molecule has 0 unspecified atom stereocenters. The van der Waals surface area contributed by atoms with Gasteiger partial charge in [0.25, 0.3) is 0 Å². The Kier molecular flexibility index (Phi) is 4.61. The van der Waals surface area contributed by atoms with E-state index in [0.717, 1.165) is 37.5 Å². The number of benzene rings is 1. The van der Waals surface area contributed by atoms with Crippen molar-refractivity contribution in [3.8, 4) is 0 Å². The highest BCUT2D eigenvalue weighted by atomic mass is 35.5. The molecule has 0 radical (unpaired) electrons. The molecule has 1 aromatic carbocycles. The van der Waals surface area contributed by atoms with Crippen molar-refractivity contribution in [3.63, 3.8) is 0 Å². The molecule has 1 nitrogen and oxygen atoms in total. The second-order valence-corrected chi connectivity index (χ2v) is 4.45. The number of halogens is 5. The molecule has 102 valence electrons. The van der Waals surface area contributed by atoms with Crippen molar-refractivity contribution in [2.75, 3.05) is 0 Å². The molecule has 0 aromatic heterocycles. The van der Waals surface area contributed by atoms with Gasteiger partial charge in [-0.3, -0.25) is 0 Å². The standard InChI is InChI=1S/C12H13F4N.ClH/c13-8-4-5-10(12(14,15)16)9(6-8)11(17)7-2-1-3-7;/h4-7,11H,1-3,17H2;1H/t11-;/m1./s1. The van der Waals surface area contributed by atoms with Crippen molar-refractivity contribution >= 4 is 12.4 Å². The summed E-state index contributed by atoms with van der Waals surface area (Å²) in [5, 5.41) is 0. The zero-order chi connectivity index (χ0) is 12.6. The largest absolute Gasteiger partial charge is 0.416 e. The van der Waals surface area contributed by atoms with E-state index in [-0.39, 0.29) is 23.9 Å². The van der Waals surface area contributed by atoms with Crippen molar-refractivity contribution in [1.29, 1.82) is 0 Å². The second-order valence-electron chi connectivity index (χ2n) is 4.45. The van der Waals surface area contributed by atoms with Crippen LogP contribution in [0.15, 0.2) is 18.2 Å². The molecule has 0 amide bonds. The molecular weight excluding hydrogens is 270 g/mol. The van der Waals surface area contributed by atoms with Gasteiger partial charge >= 0.3 is 6.18 Å². The molecule has 0 saturated heterocycles. The van der Waals surface area contributed by atoms with Crippen LogP contribution in [-0.2, 0) is 6.18 Å². The van der Waals surface area contributed by atoms with Crippen LogP contribution in [0.1, 0.15) is 36.4 Å². The maximum absolute atomic E-state index is 13.1. The van der Waals surface area contributed by atoms with E-state index in [2.05, 4.69) is 0 Å². The normalized spacial score (nSPS) is 17.8. The fourth-order valence-electron chi connectivity index (χ4n) is 2.12. The Morgan fingerprint density at radius 3 is 2.28 bits per heavy atom. The van der Waals surface area contributed by atoms with Crippen molar-refractivity contribution < 1.29 is 17.6 Å². The van der Waals surface area contributed by atoms with Gasteiger partial charge in [-0.05, 0) is 42.5 Å². The molecule has 0 spiro atoms. The summed E-state index contributed by atoms with van der Waals surface area (Å²) >= 11 is 0. The van der Waals surface area contributed by atoms with Gasteiger partial charge in [-0.2, -0.15) is 13.2 Å². The predicted octanol–water partition coefficient (Wildman–Crippen LogP) is 4.07. The maximum Gasteiger partial charge on any atom is 0.416 e. The Labute approximate surface area is 109 Å². The minimum atomic E-state index is -4.48. The lowest BCUT2D eigenvalue weighted by molar-refractivity contribution is -0.138. The topological polar surface area (TPSA) is 26.0 Å². The fraction of sp³-hybridized carbons (Fsp3) is 0.500. The summed E-state index contributed by atoms with van der Waals surface area (Å²) in [7, 11) is 0. The molecule has 1 aromatic rings. The van der Waals surface area contributed by atoms with Crippen LogP contribution in [0.2, 0.25) is 0 Å². The lowest BCUT2D eigenvalue weighted by Crippen LogP contribution is -2.29. The third-order valence-corrected chi connectivity index (χ3v) is 3.34. The van der Waals surface area contributed by atoms with Gasteiger partial charge in [0.05, 0.1) is 5.56 Å². The van der Waals surface area contributed by atoms with Gasteiger partial charge in [0, 0.05) is 6.04 Å². The van der Waals surface area contributed by atoms with Crippen molar-refractivity contribution in [3.05, 3.63) is 35.1 Å². The molecule has 0 aliphatic heterocycles. The van der Waals surface area contributed by atoms with Gasteiger partial charge in [-0.1, -0.05) is 6.42 Å². The Balaban J connectivity index is 0.00000162. The minimum Gasteiger partial charge on any atom is -0.324 e. The molecule has 1 saturated carbocycles. The molecular formula is C12H14ClF4N. The van der Waals surface area contributed by atoms with Crippen LogP contribution in [0.25, 0.3) is 0 Å². The van der Waals surface area contributed by atoms with E-state index in [1.54, 1.807) is 0 Å². The summed E-state index contributed by atoms with van der Waals surface area (Å²) in [4.78, 5) is 0. The first-order chi connectivity index (χ1) is 7.89. The van der Waals surface area contributed by atoms with Gasteiger partial charge in [-0.15, -0.1) is 12.4 Å². The summed E-state index contributed by atoms with van der Waals surface area (Å²) < 4.78 is 51.3. The lowest BCUT2D eigenvalue weighted by Gasteiger charge is -2.32. The van der Waals surface area contributed by atoms with E-state index in [1.807, 2.05) is 0 Å². The SMILES string of the molecule is Cl.N[C@@H](c1cc(F)ccc1C(F)(F)F)C1CCC1. The third kappa shape index (κ3) is 2.95. The Morgan fingerprint density at radius 1 is 1.22 bits per heavy atom. The molecule has 18 heavy (non-hydrogen) atoms. The molecule has 1 fully saturated rings. The van der Waals surface area contributed by atoms with E-state index in [4.69, 9.17) is 5.73 Å². The quantitative estimate of drug-likeness (QED) is 0.814. The highest BCUT2D eigenvalue weighted by molar-refractivity contribution is 5.85. The lowest BCUT2D eigenvalue weighted by atomic mass is 9.76. The average molecular weight is 284 g/mol.